The number of nitro benzene ring substituents is 1. The van der Waals surface area contributed by atoms with Crippen LogP contribution in [0.2, 0.25) is 5.02 Å². The molecule has 8 heteroatoms. The summed E-state index contributed by atoms with van der Waals surface area (Å²) in [5, 5.41) is 22.4. The van der Waals surface area contributed by atoms with Gasteiger partial charge in [-0.2, -0.15) is 5.26 Å². The van der Waals surface area contributed by atoms with Gasteiger partial charge in [0.2, 0.25) is 0 Å². The maximum atomic E-state index is 12.2. The molecule has 0 aliphatic rings. The lowest BCUT2D eigenvalue weighted by Gasteiger charge is -2.16. The number of ether oxygens (including phenoxy) is 1. The first-order valence-electron chi connectivity index (χ1n) is 6.83. The van der Waals surface area contributed by atoms with Gasteiger partial charge in [-0.3, -0.25) is 14.9 Å². The van der Waals surface area contributed by atoms with Crippen molar-refractivity contribution in [2.75, 3.05) is 5.32 Å². The Hall–Kier alpha value is -3.11. The molecule has 0 saturated heterocycles. The predicted octanol–water partition coefficient (Wildman–Crippen LogP) is 3.53. The average Bonchev–Trinajstić information content (AvgIpc) is 2.57. The molecule has 0 bridgehead atoms. The number of nitriles is 1. The third-order valence-corrected chi connectivity index (χ3v) is 3.43. The van der Waals surface area contributed by atoms with Crippen LogP contribution in [0, 0.1) is 21.4 Å². The number of rotatable bonds is 5. The average molecular weight is 346 g/mol. The molecule has 1 atom stereocenters. The van der Waals surface area contributed by atoms with Crippen molar-refractivity contribution in [1.29, 1.82) is 5.26 Å². The number of carbonyl (C=O) groups is 1. The predicted molar refractivity (Wildman–Crippen MR) is 88.0 cm³/mol. The number of nitro groups is 1. The molecular weight excluding hydrogens is 334 g/mol. The Kier molecular flexibility index (Phi) is 5.35. The van der Waals surface area contributed by atoms with E-state index in [0.717, 1.165) is 6.07 Å². The van der Waals surface area contributed by atoms with Gasteiger partial charge in [-0.15, -0.1) is 0 Å². The fraction of sp³-hybridized carbons (Fsp3) is 0.125. The Morgan fingerprint density at radius 3 is 2.75 bits per heavy atom. The SMILES string of the molecule is CC(Oc1ccccc1C#N)C(=O)Nc1cc([N+](=O)[O-])ccc1Cl. The van der Waals surface area contributed by atoms with Crippen LogP contribution < -0.4 is 10.1 Å². The van der Waals surface area contributed by atoms with Crippen LogP contribution in [0.4, 0.5) is 11.4 Å². The summed E-state index contributed by atoms with van der Waals surface area (Å²) >= 11 is 5.94. The molecule has 7 nitrogen and oxygen atoms in total. The Bertz CT molecular complexity index is 832. The molecule has 0 radical (unpaired) electrons. The van der Waals surface area contributed by atoms with E-state index in [1.807, 2.05) is 6.07 Å². The lowest BCUT2D eigenvalue weighted by molar-refractivity contribution is -0.384. The van der Waals surface area contributed by atoms with Crippen molar-refractivity contribution >= 4 is 28.9 Å². The summed E-state index contributed by atoms with van der Waals surface area (Å²) in [6.07, 6.45) is -0.935. The molecule has 1 N–H and O–H groups in total. The molecule has 0 fully saturated rings. The highest BCUT2D eigenvalue weighted by atomic mass is 35.5. The van der Waals surface area contributed by atoms with Gasteiger partial charge in [0.1, 0.15) is 11.8 Å². The first-order chi connectivity index (χ1) is 11.4. The highest BCUT2D eigenvalue weighted by Gasteiger charge is 2.19. The quantitative estimate of drug-likeness (QED) is 0.659. The number of benzene rings is 2. The van der Waals surface area contributed by atoms with Crippen LogP contribution in [0.5, 0.6) is 5.75 Å². The van der Waals surface area contributed by atoms with E-state index in [1.165, 1.54) is 19.1 Å². The second kappa shape index (κ2) is 7.44. The van der Waals surface area contributed by atoms with Gasteiger partial charge in [0.05, 0.1) is 21.2 Å². The van der Waals surface area contributed by atoms with Gasteiger partial charge >= 0.3 is 0 Å². The van der Waals surface area contributed by atoms with E-state index in [2.05, 4.69) is 5.32 Å². The first-order valence-corrected chi connectivity index (χ1v) is 7.20. The Labute approximate surface area is 142 Å². The molecule has 1 amide bonds. The van der Waals surface area contributed by atoms with E-state index < -0.39 is 16.9 Å². The smallest absolute Gasteiger partial charge is 0.271 e. The first kappa shape index (κ1) is 17.2. The number of hydrogen-bond donors (Lipinski definition) is 1. The standard InChI is InChI=1S/C16H12ClN3O4/c1-10(24-15-5-3-2-4-11(15)9-18)16(21)19-14-8-12(20(22)23)6-7-13(14)17/h2-8,10H,1H3,(H,19,21). The Morgan fingerprint density at radius 1 is 1.38 bits per heavy atom. The van der Waals surface area contributed by atoms with Crippen LogP contribution in [0.15, 0.2) is 42.5 Å². The largest absolute Gasteiger partial charge is 0.480 e. The Balaban J connectivity index is 2.14. The van der Waals surface area contributed by atoms with Crippen LogP contribution in [0.1, 0.15) is 12.5 Å². The zero-order valence-electron chi connectivity index (χ0n) is 12.5. The molecule has 1 unspecified atom stereocenters. The van der Waals surface area contributed by atoms with Crippen LogP contribution in [0.3, 0.4) is 0 Å². The monoisotopic (exact) mass is 345 g/mol. The van der Waals surface area contributed by atoms with Crippen LogP contribution in [-0.2, 0) is 4.79 Å². The molecule has 0 heterocycles. The number of hydrogen-bond acceptors (Lipinski definition) is 5. The summed E-state index contributed by atoms with van der Waals surface area (Å²) in [5.41, 5.74) is 0.212. The van der Waals surface area contributed by atoms with Crippen molar-refractivity contribution in [2.24, 2.45) is 0 Å². The van der Waals surface area contributed by atoms with Crippen molar-refractivity contribution in [2.45, 2.75) is 13.0 Å². The fourth-order valence-electron chi connectivity index (χ4n) is 1.86. The van der Waals surface area contributed by atoms with Crippen LogP contribution in [0.25, 0.3) is 0 Å². The lowest BCUT2D eigenvalue weighted by atomic mass is 10.2. The van der Waals surface area contributed by atoms with Gasteiger partial charge in [0, 0.05) is 12.1 Å². The zero-order valence-corrected chi connectivity index (χ0v) is 13.3. The van der Waals surface area contributed by atoms with Crippen LogP contribution >= 0.6 is 11.6 Å². The maximum absolute atomic E-state index is 12.2. The van der Waals surface area contributed by atoms with E-state index in [-0.39, 0.29) is 22.1 Å². The molecular formula is C16H12ClN3O4. The zero-order chi connectivity index (χ0) is 17.7. The van der Waals surface area contributed by atoms with Crippen molar-refractivity contribution in [3.8, 4) is 11.8 Å². The number of nitrogens with one attached hydrogen (secondary N) is 1. The molecule has 2 rings (SSSR count). The van der Waals surface area contributed by atoms with Crippen LogP contribution in [-0.4, -0.2) is 16.9 Å². The van der Waals surface area contributed by atoms with E-state index in [9.17, 15) is 14.9 Å². The Morgan fingerprint density at radius 2 is 2.08 bits per heavy atom. The molecule has 24 heavy (non-hydrogen) atoms. The summed E-state index contributed by atoms with van der Waals surface area (Å²) in [6.45, 7) is 1.49. The van der Waals surface area contributed by atoms with Crippen molar-refractivity contribution in [3.05, 3.63) is 63.2 Å². The lowest BCUT2D eigenvalue weighted by Crippen LogP contribution is -2.30. The third-order valence-electron chi connectivity index (χ3n) is 3.10. The van der Waals surface area contributed by atoms with Crippen molar-refractivity contribution in [1.82, 2.24) is 0 Å². The van der Waals surface area contributed by atoms with E-state index in [4.69, 9.17) is 21.6 Å². The maximum Gasteiger partial charge on any atom is 0.271 e. The van der Waals surface area contributed by atoms with Gasteiger partial charge in [0.25, 0.3) is 11.6 Å². The molecule has 2 aromatic carbocycles. The van der Waals surface area contributed by atoms with Crippen molar-refractivity contribution < 1.29 is 14.5 Å². The van der Waals surface area contributed by atoms with Gasteiger partial charge in [0.15, 0.2) is 6.10 Å². The number of anilines is 1. The second-order valence-electron chi connectivity index (χ2n) is 4.78. The second-order valence-corrected chi connectivity index (χ2v) is 5.19. The summed E-state index contributed by atoms with van der Waals surface area (Å²) in [6, 6.07) is 12.2. The van der Waals surface area contributed by atoms with E-state index in [0.29, 0.717) is 5.56 Å². The van der Waals surface area contributed by atoms with Gasteiger partial charge in [-0.05, 0) is 25.1 Å². The minimum absolute atomic E-state index is 0.111. The summed E-state index contributed by atoms with van der Waals surface area (Å²) in [4.78, 5) is 22.4. The van der Waals surface area contributed by atoms with Gasteiger partial charge in [-0.25, -0.2) is 0 Å². The number of nitrogens with zero attached hydrogens (tertiary/aromatic N) is 2. The minimum atomic E-state index is -0.935. The molecule has 0 saturated carbocycles. The molecule has 0 aliphatic carbocycles. The van der Waals surface area contributed by atoms with E-state index >= 15 is 0 Å². The summed E-state index contributed by atoms with van der Waals surface area (Å²) in [7, 11) is 0. The number of halogens is 1. The number of non-ortho nitro benzene ring substituents is 1. The van der Waals surface area contributed by atoms with E-state index in [1.54, 1.807) is 24.3 Å². The number of para-hydroxylation sites is 1. The van der Waals surface area contributed by atoms with Gasteiger partial charge in [-0.1, -0.05) is 23.7 Å². The van der Waals surface area contributed by atoms with Crippen molar-refractivity contribution in [3.63, 3.8) is 0 Å². The molecule has 0 spiro atoms. The van der Waals surface area contributed by atoms with Gasteiger partial charge < -0.3 is 10.1 Å². The molecule has 0 aliphatic heterocycles. The summed E-state index contributed by atoms with van der Waals surface area (Å²) in [5.74, 6) is -0.280. The topological polar surface area (TPSA) is 105 Å². The normalized spacial score (nSPS) is 11.2. The number of amides is 1. The fourth-order valence-corrected chi connectivity index (χ4v) is 2.03. The highest BCUT2D eigenvalue weighted by Crippen LogP contribution is 2.27. The number of carbonyl (C=O) groups excluding carboxylic acids is 1. The summed E-state index contributed by atoms with van der Waals surface area (Å²) < 4.78 is 5.48. The molecule has 0 aromatic heterocycles. The minimum Gasteiger partial charge on any atom is -0.480 e. The molecule has 2 aromatic rings. The third kappa shape index (κ3) is 4.00. The highest BCUT2D eigenvalue weighted by molar-refractivity contribution is 6.33. The molecule has 122 valence electrons.